The van der Waals surface area contributed by atoms with Crippen molar-refractivity contribution < 1.29 is 28.8 Å². The van der Waals surface area contributed by atoms with Crippen molar-refractivity contribution in [3.63, 3.8) is 0 Å². The van der Waals surface area contributed by atoms with Crippen LogP contribution >= 0.6 is 0 Å². The highest BCUT2D eigenvalue weighted by molar-refractivity contribution is 6.38. The fourth-order valence-electron chi connectivity index (χ4n) is 10.1. The molecule has 0 unspecified atom stereocenters. The van der Waals surface area contributed by atoms with Crippen LogP contribution in [0.1, 0.15) is 133 Å². The van der Waals surface area contributed by atoms with E-state index in [0.717, 1.165) is 58.0 Å². The number of carbonyl (C=O) groups excluding carboxylic acids is 6. The number of hydrogen-bond acceptors (Lipinski definition) is 7. The highest BCUT2D eigenvalue weighted by Gasteiger charge is 2.85. The van der Waals surface area contributed by atoms with Crippen LogP contribution in [0.25, 0.3) is 0 Å². The molecule has 12 heteroatoms. The molecule has 5 rings (SSSR count). The fraction of sp³-hybridized carbons (Fsp3) is 0.854. The first-order chi connectivity index (χ1) is 24.6. The fourth-order valence-corrected chi connectivity index (χ4v) is 10.1. The largest absolute Gasteiger partial charge is 0.347 e. The van der Waals surface area contributed by atoms with Gasteiger partial charge < -0.3 is 31.1 Å². The maximum Gasteiger partial charge on any atom is 0.289 e. The molecule has 5 fully saturated rings. The van der Waals surface area contributed by atoms with Crippen LogP contribution in [0.5, 0.6) is 0 Å². The minimum absolute atomic E-state index is 0.0115. The maximum absolute atomic E-state index is 15.0. The predicted molar refractivity (Wildman–Crippen MR) is 203 cm³/mol. The van der Waals surface area contributed by atoms with Gasteiger partial charge in [-0.1, -0.05) is 82.1 Å². The molecule has 5 amide bonds. The number of rotatable bonds is 13. The van der Waals surface area contributed by atoms with Gasteiger partial charge in [0.1, 0.15) is 18.1 Å². The lowest BCUT2D eigenvalue weighted by Crippen LogP contribution is -2.63. The number of amides is 5. The zero-order valence-corrected chi connectivity index (χ0v) is 34.2. The maximum atomic E-state index is 15.0. The Balaban J connectivity index is 1.39. The quantitative estimate of drug-likeness (QED) is 0.210. The molecule has 3 saturated carbocycles. The van der Waals surface area contributed by atoms with Crippen LogP contribution in [0, 0.1) is 33.0 Å². The first-order valence-corrected chi connectivity index (χ1v) is 20.4. The molecular formula is C41H68N6O6. The molecule has 2 heterocycles. The van der Waals surface area contributed by atoms with E-state index in [1.54, 1.807) is 4.90 Å². The number of Topliss-reactive ketones (excluding diaryl/α,β-unsaturated/α-hetero) is 1. The number of fused-ring (bicyclic) bond motifs is 1. The third kappa shape index (κ3) is 7.77. The van der Waals surface area contributed by atoms with E-state index in [0.29, 0.717) is 32.4 Å². The van der Waals surface area contributed by atoms with Gasteiger partial charge in [-0.05, 0) is 86.1 Å². The summed E-state index contributed by atoms with van der Waals surface area (Å²) < 4.78 is 0. The average Bonchev–Trinajstić information content (AvgIpc) is 3.89. The van der Waals surface area contributed by atoms with Crippen LogP contribution < -0.4 is 21.3 Å². The second-order valence-corrected chi connectivity index (χ2v) is 19.6. The molecule has 12 nitrogen and oxygen atoms in total. The molecule has 2 saturated heterocycles. The summed E-state index contributed by atoms with van der Waals surface area (Å²) in [5.74, 6) is -2.94. The predicted octanol–water partition coefficient (Wildman–Crippen LogP) is 3.71. The Labute approximate surface area is 317 Å². The van der Waals surface area contributed by atoms with E-state index in [2.05, 4.69) is 46.9 Å². The summed E-state index contributed by atoms with van der Waals surface area (Å²) in [6, 6.07) is -3.74. The molecule has 2 spiro atoms. The van der Waals surface area contributed by atoms with E-state index >= 15 is 0 Å². The number of likely N-dealkylation sites (tertiary alicyclic amines) is 2. The van der Waals surface area contributed by atoms with Crippen molar-refractivity contribution in [2.45, 2.75) is 164 Å². The summed E-state index contributed by atoms with van der Waals surface area (Å²) in [4.78, 5) is 87.2. The van der Waals surface area contributed by atoms with E-state index in [1.807, 2.05) is 48.5 Å². The van der Waals surface area contributed by atoms with Gasteiger partial charge in [-0.15, -0.1) is 0 Å². The second-order valence-electron chi connectivity index (χ2n) is 19.6. The van der Waals surface area contributed by atoms with Crippen molar-refractivity contribution in [1.82, 2.24) is 31.1 Å². The molecule has 298 valence electrons. The van der Waals surface area contributed by atoms with Crippen LogP contribution in [-0.2, 0) is 28.8 Å². The molecular weight excluding hydrogens is 672 g/mol. The van der Waals surface area contributed by atoms with Crippen molar-refractivity contribution in [3.8, 4) is 0 Å². The highest BCUT2D eigenvalue weighted by Crippen LogP contribution is 2.88. The first-order valence-electron chi connectivity index (χ1n) is 20.4. The Kier molecular flexibility index (Phi) is 11.6. The summed E-state index contributed by atoms with van der Waals surface area (Å²) in [7, 11) is 0. The Morgan fingerprint density at radius 1 is 0.792 bits per heavy atom. The molecule has 0 aromatic heterocycles. The standard InChI is InChI=1S/C41H68N6O6/c1-11-15-27(29(48)34(51)42-26-17-18-26)43-33(50)28-22-41(39(9,10)40(41)19-14-20-40)24-47(28)36(53)31(38(6,7)8)45-35(52)30(37(3,4)5)44-32(49)25-16-13-21-46(12-2)23-25/h25-28,30-31H,11-24H2,1-10H3,(H,42,51)(H,43,50)(H,44,49)(H,45,52)/t25-,27+,28+,30-,31-,41-/m1/s1. The van der Waals surface area contributed by atoms with Crippen molar-refractivity contribution in [2.24, 2.45) is 33.0 Å². The van der Waals surface area contributed by atoms with Crippen LogP contribution in [0.3, 0.4) is 0 Å². The Hall–Kier alpha value is -3.02. The third-order valence-corrected chi connectivity index (χ3v) is 13.9. The molecule has 4 N–H and O–H groups in total. The molecule has 0 bridgehead atoms. The lowest BCUT2D eigenvalue weighted by molar-refractivity contribution is -0.146. The monoisotopic (exact) mass is 741 g/mol. The van der Waals surface area contributed by atoms with E-state index in [9.17, 15) is 28.8 Å². The molecule has 53 heavy (non-hydrogen) atoms. The minimum atomic E-state index is -0.996. The molecule has 0 aromatic rings. The van der Waals surface area contributed by atoms with Gasteiger partial charge in [-0.3, -0.25) is 28.8 Å². The molecule has 3 aliphatic carbocycles. The normalized spacial score (nSPS) is 28.0. The first kappa shape index (κ1) is 41.1. The molecule has 2 aliphatic heterocycles. The van der Waals surface area contributed by atoms with Gasteiger partial charge in [0.15, 0.2) is 0 Å². The van der Waals surface area contributed by atoms with E-state index in [1.165, 1.54) is 0 Å². The molecule has 0 radical (unpaired) electrons. The topological polar surface area (TPSA) is 157 Å². The zero-order valence-electron chi connectivity index (χ0n) is 34.2. The van der Waals surface area contributed by atoms with Crippen LogP contribution in [0.4, 0.5) is 0 Å². The zero-order chi connectivity index (χ0) is 39.3. The number of piperidine rings is 1. The van der Waals surface area contributed by atoms with Crippen molar-refractivity contribution in [1.29, 1.82) is 0 Å². The second kappa shape index (κ2) is 14.9. The van der Waals surface area contributed by atoms with Crippen molar-refractivity contribution in [2.75, 3.05) is 26.2 Å². The van der Waals surface area contributed by atoms with Crippen molar-refractivity contribution >= 4 is 35.3 Å². The summed E-state index contributed by atoms with van der Waals surface area (Å²) in [5.41, 5.74) is -1.72. The van der Waals surface area contributed by atoms with Gasteiger partial charge >= 0.3 is 0 Å². The Bertz CT molecular complexity index is 1450. The smallest absolute Gasteiger partial charge is 0.289 e. The van der Waals surface area contributed by atoms with Crippen LogP contribution in [-0.4, -0.2) is 102 Å². The molecule has 5 aliphatic rings. The Morgan fingerprint density at radius 2 is 1.43 bits per heavy atom. The lowest BCUT2D eigenvalue weighted by Gasteiger charge is -2.39. The average molecular weight is 741 g/mol. The minimum Gasteiger partial charge on any atom is -0.347 e. The summed E-state index contributed by atoms with van der Waals surface area (Å²) in [6.45, 7) is 22.7. The number of ketones is 1. The molecule has 6 atom stereocenters. The number of hydrogen-bond donors (Lipinski definition) is 4. The third-order valence-electron chi connectivity index (χ3n) is 13.9. The summed E-state index contributed by atoms with van der Waals surface area (Å²) in [6.07, 6.45) is 7.91. The van der Waals surface area contributed by atoms with Gasteiger partial charge in [-0.2, -0.15) is 0 Å². The SMILES string of the molecule is CCC[C@H](NC(=O)[C@@H]1C[C@@]2(CN1C(=O)[C@@H](NC(=O)[C@@H](NC(=O)[C@@H]1CCCN(CC)C1)C(C)(C)C)C(C)(C)C)C(C)(C)C21CCC1)C(=O)C(=O)NC1CC1. The van der Waals surface area contributed by atoms with Gasteiger partial charge in [0, 0.05) is 24.5 Å². The van der Waals surface area contributed by atoms with Gasteiger partial charge in [0.2, 0.25) is 29.4 Å². The van der Waals surface area contributed by atoms with E-state index < -0.39 is 58.5 Å². The van der Waals surface area contributed by atoms with E-state index in [-0.39, 0.29) is 40.0 Å². The Morgan fingerprint density at radius 3 is 1.94 bits per heavy atom. The number of nitrogens with zero attached hydrogens (tertiary/aromatic N) is 2. The highest BCUT2D eigenvalue weighted by atomic mass is 16.2. The van der Waals surface area contributed by atoms with Gasteiger partial charge in [0.05, 0.1) is 12.0 Å². The van der Waals surface area contributed by atoms with Crippen molar-refractivity contribution in [3.05, 3.63) is 0 Å². The molecule has 0 aromatic carbocycles. The van der Waals surface area contributed by atoms with E-state index in [4.69, 9.17) is 0 Å². The van der Waals surface area contributed by atoms with Crippen LogP contribution in [0.2, 0.25) is 0 Å². The van der Waals surface area contributed by atoms with Gasteiger partial charge in [0.25, 0.3) is 5.91 Å². The van der Waals surface area contributed by atoms with Crippen LogP contribution in [0.15, 0.2) is 0 Å². The summed E-state index contributed by atoms with van der Waals surface area (Å²) >= 11 is 0. The van der Waals surface area contributed by atoms with Gasteiger partial charge in [-0.25, -0.2) is 0 Å². The summed E-state index contributed by atoms with van der Waals surface area (Å²) in [5, 5.41) is 11.8. The number of carbonyl (C=O) groups is 6. The lowest BCUT2D eigenvalue weighted by atomic mass is 9.73. The number of nitrogens with one attached hydrogen (secondary N) is 4.